The summed E-state index contributed by atoms with van der Waals surface area (Å²) in [6, 6.07) is 5.48. The molecule has 0 radical (unpaired) electrons. The van der Waals surface area contributed by atoms with Crippen molar-refractivity contribution in [1.29, 1.82) is 0 Å². The van der Waals surface area contributed by atoms with E-state index in [0.717, 1.165) is 17.7 Å². The van der Waals surface area contributed by atoms with Gasteiger partial charge in [0.05, 0.1) is 5.38 Å². The summed E-state index contributed by atoms with van der Waals surface area (Å²) in [5, 5.41) is -0.667. The van der Waals surface area contributed by atoms with E-state index in [9.17, 15) is 13.2 Å². The number of benzene rings is 1. The largest absolute Gasteiger partial charge is 0.261 e. The third kappa shape index (κ3) is 3.26. The summed E-state index contributed by atoms with van der Waals surface area (Å²) < 4.78 is 39.0. The Kier molecular flexibility index (Phi) is 4.10. The molecule has 100 valence electrons. The zero-order valence-electron chi connectivity index (χ0n) is 10.1. The van der Waals surface area contributed by atoms with Crippen LogP contribution in [0, 0.1) is 24.4 Å². The van der Waals surface area contributed by atoms with E-state index in [2.05, 4.69) is 4.98 Å². The normalized spacial score (nSPS) is 12.5. The minimum absolute atomic E-state index is 0.195. The fourth-order valence-electron chi connectivity index (χ4n) is 1.68. The molecule has 0 fully saturated rings. The fraction of sp³-hybridized carbons (Fsp3) is 0.214. The number of halogens is 4. The molecule has 1 aromatic carbocycles. The maximum absolute atomic E-state index is 13.1. The molecule has 1 nitrogen and oxygen atoms in total. The van der Waals surface area contributed by atoms with Gasteiger partial charge in [0.2, 0.25) is 0 Å². The first-order valence-electron chi connectivity index (χ1n) is 5.67. The van der Waals surface area contributed by atoms with Gasteiger partial charge in [-0.05, 0) is 36.2 Å². The summed E-state index contributed by atoms with van der Waals surface area (Å²) in [6.07, 6.45) is 2.00. The van der Waals surface area contributed by atoms with Crippen LogP contribution in [0.1, 0.15) is 22.2 Å². The molecule has 1 aromatic heterocycles. The highest BCUT2D eigenvalue weighted by Gasteiger charge is 2.16. The maximum Gasteiger partial charge on any atom is 0.194 e. The molecule has 2 aromatic rings. The quantitative estimate of drug-likeness (QED) is 0.604. The molecule has 19 heavy (non-hydrogen) atoms. The second kappa shape index (κ2) is 5.61. The molecule has 0 saturated heterocycles. The van der Waals surface area contributed by atoms with E-state index in [1.54, 1.807) is 12.3 Å². The molecule has 0 N–H and O–H groups in total. The van der Waals surface area contributed by atoms with Gasteiger partial charge in [-0.2, -0.15) is 0 Å². The van der Waals surface area contributed by atoms with Crippen molar-refractivity contribution < 1.29 is 13.2 Å². The highest BCUT2D eigenvalue weighted by Crippen LogP contribution is 2.27. The van der Waals surface area contributed by atoms with Crippen LogP contribution in [-0.4, -0.2) is 4.98 Å². The highest BCUT2D eigenvalue weighted by atomic mass is 35.5. The lowest BCUT2D eigenvalue weighted by Crippen LogP contribution is -2.01. The summed E-state index contributed by atoms with van der Waals surface area (Å²) in [4.78, 5) is 4.16. The van der Waals surface area contributed by atoms with Crippen LogP contribution in [0.15, 0.2) is 30.5 Å². The summed E-state index contributed by atoms with van der Waals surface area (Å²) in [6.45, 7) is 1.90. The lowest BCUT2D eigenvalue weighted by atomic mass is 10.1. The van der Waals surface area contributed by atoms with Crippen molar-refractivity contribution in [3.63, 3.8) is 0 Å². The Morgan fingerprint density at radius 3 is 2.32 bits per heavy atom. The number of hydrogen-bond donors (Lipinski definition) is 0. The van der Waals surface area contributed by atoms with Crippen molar-refractivity contribution in [2.75, 3.05) is 0 Å². The second-order valence-electron chi connectivity index (χ2n) is 4.30. The lowest BCUT2D eigenvalue weighted by molar-refractivity contribution is 0.445. The van der Waals surface area contributed by atoms with Gasteiger partial charge in [-0.15, -0.1) is 11.6 Å². The smallest absolute Gasteiger partial charge is 0.194 e. The number of rotatable bonds is 3. The minimum Gasteiger partial charge on any atom is -0.261 e. The van der Waals surface area contributed by atoms with Gasteiger partial charge in [0, 0.05) is 18.3 Å². The number of hydrogen-bond acceptors (Lipinski definition) is 1. The van der Waals surface area contributed by atoms with Gasteiger partial charge < -0.3 is 0 Å². The van der Waals surface area contributed by atoms with E-state index in [1.807, 2.05) is 13.0 Å². The van der Waals surface area contributed by atoms with E-state index in [4.69, 9.17) is 11.6 Å². The van der Waals surface area contributed by atoms with E-state index in [0.29, 0.717) is 12.1 Å². The monoisotopic (exact) mass is 285 g/mol. The van der Waals surface area contributed by atoms with Crippen molar-refractivity contribution in [3.05, 3.63) is 64.7 Å². The SMILES string of the molecule is Cc1ccc(CC(Cl)c2cc(F)c(F)c(F)c2)nc1. The Morgan fingerprint density at radius 2 is 1.79 bits per heavy atom. The summed E-state index contributed by atoms with van der Waals surface area (Å²) in [7, 11) is 0. The van der Waals surface area contributed by atoms with Crippen LogP contribution in [0.5, 0.6) is 0 Å². The molecule has 0 bridgehead atoms. The second-order valence-corrected chi connectivity index (χ2v) is 4.82. The Morgan fingerprint density at radius 1 is 1.16 bits per heavy atom. The third-order valence-electron chi connectivity index (χ3n) is 2.73. The Labute approximate surface area is 114 Å². The number of pyridine rings is 1. The van der Waals surface area contributed by atoms with Gasteiger partial charge in [0.15, 0.2) is 17.5 Å². The average Bonchev–Trinajstić information content (AvgIpc) is 2.38. The predicted molar refractivity (Wildman–Crippen MR) is 67.6 cm³/mol. The van der Waals surface area contributed by atoms with Crippen LogP contribution in [0.2, 0.25) is 0 Å². The summed E-state index contributed by atoms with van der Waals surface area (Å²) in [5.41, 5.74) is 1.91. The van der Waals surface area contributed by atoms with Crippen LogP contribution in [0.25, 0.3) is 0 Å². The molecule has 1 atom stereocenters. The lowest BCUT2D eigenvalue weighted by Gasteiger charge is -2.10. The Hall–Kier alpha value is -1.55. The van der Waals surface area contributed by atoms with Crippen molar-refractivity contribution in [2.45, 2.75) is 18.7 Å². The van der Waals surface area contributed by atoms with Crippen LogP contribution >= 0.6 is 11.6 Å². The number of aryl methyl sites for hydroxylation is 1. The molecular formula is C14H11ClF3N. The Bertz CT molecular complexity index is 561. The van der Waals surface area contributed by atoms with Crippen molar-refractivity contribution >= 4 is 11.6 Å². The van der Waals surface area contributed by atoms with Crippen molar-refractivity contribution in [1.82, 2.24) is 4.98 Å². The van der Waals surface area contributed by atoms with Crippen LogP contribution in [0.3, 0.4) is 0 Å². The first-order chi connectivity index (χ1) is 8.97. The minimum atomic E-state index is -1.49. The van der Waals surface area contributed by atoms with Gasteiger partial charge in [-0.25, -0.2) is 13.2 Å². The molecule has 0 aliphatic carbocycles. The molecule has 0 aliphatic rings. The van der Waals surface area contributed by atoms with Crippen LogP contribution in [-0.2, 0) is 6.42 Å². The number of nitrogens with zero attached hydrogens (tertiary/aromatic N) is 1. The first kappa shape index (κ1) is 13.9. The topological polar surface area (TPSA) is 12.9 Å². The molecule has 0 aliphatic heterocycles. The van der Waals surface area contributed by atoms with Crippen LogP contribution < -0.4 is 0 Å². The standard InChI is InChI=1S/C14H11ClF3N/c1-8-2-3-10(19-7-8)6-11(15)9-4-12(16)14(18)13(17)5-9/h2-5,7,11H,6H2,1H3. The van der Waals surface area contributed by atoms with E-state index in [1.165, 1.54) is 0 Å². The zero-order chi connectivity index (χ0) is 14.0. The van der Waals surface area contributed by atoms with E-state index in [-0.39, 0.29) is 5.56 Å². The van der Waals surface area contributed by atoms with Gasteiger partial charge in [0.25, 0.3) is 0 Å². The number of aromatic nitrogens is 1. The average molecular weight is 286 g/mol. The van der Waals surface area contributed by atoms with Crippen molar-refractivity contribution in [2.24, 2.45) is 0 Å². The van der Waals surface area contributed by atoms with Gasteiger partial charge in [-0.3, -0.25) is 4.98 Å². The van der Waals surface area contributed by atoms with Gasteiger partial charge in [-0.1, -0.05) is 6.07 Å². The van der Waals surface area contributed by atoms with Crippen LogP contribution in [0.4, 0.5) is 13.2 Å². The van der Waals surface area contributed by atoms with Gasteiger partial charge in [0.1, 0.15) is 0 Å². The number of alkyl halides is 1. The molecular weight excluding hydrogens is 275 g/mol. The molecule has 2 rings (SSSR count). The molecule has 5 heteroatoms. The van der Waals surface area contributed by atoms with Gasteiger partial charge >= 0.3 is 0 Å². The highest BCUT2D eigenvalue weighted by molar-refractivity contribution is 6.20. The van der Waals surface area contributed by atoms with E-state index >= 15 is 0 Å². The predicted octanol–water partition coefficient (Wildman–Crippen LogP) is 4.33. The molecule has 1 heterocycles. The molecule has 0 saturated carbocycles. The molecule has 1 unspecified atom stereocenters. The third-order valence-corrected chi connectivity index (χ3v) is 3.14. The zero-order valence-corrected chi connectivity index (χ0v) is 10.9. The molecule has 0 amide bonds. The first-order valence-corrected chi connectivity index (χ1v) is 6.11. The molecule has 0 spiro atoms. The fourth-order valence-corrected chi connectivity index (χ4v) is 1.96. The maximum atomic E-state index is 13.1. The van der Waals surface area contributed by atoms with E-state index < -0.39 is 22.8 Å². The summed E-state index contributed by atoms with van der Waals surface area (Å²) in [5.74, 6) is -3.96. The summed E-state index contributed by atoms with van der Waals surface area (Å²) >= 11 is 6.08. The van der Waals surface area contributed by atoms with Crippen molar-refractivity contribution in [3.8, 4) is 0 Å². The Balaban J connectivity index is 2.20.